The first kappa shape index (κ1) is 26.3. The van der Waals surface area contributed by atoms with Crippen LogP contribution in [-0.2, 0) is 13.1 Å². The van der Waals surface area contributed by atoms with Gasteiger partial charge in [0.15, 0.2) is 28.0 Å². The van der Waals surface area contributed by atoms with E-state index < -0.39 is 10.9 Å². The first-order valence-electron chi connectivity index (χ1n) is 12.1. The van der Waals surface area contributed by atoms with E-state index in [-0.39, 0.29) is 39.7 Å². The molecule has 0 saturated heterocycles. The molecular formula is C26H19Cl2N9O4. The second-order valence-corrected chi connectivity index (χ2v) is 9.56. The van der Waals surface area contributed by atoms with Crippen molar-refractivity contribution < 1.29 is 14.4 Å². The van der Waals surface area contributed by atoms with Crippen molar-refractivity contribution in [3.63, 3.8) is 0 Å². The van der Waals surface area contributed by atoms with Gasteiger partial charge in [-0.3, -0.25) is 4.57 Å². The number of rotatable bonds is 8. The minimum atomic E-state index is -0.715. The van der Waals surface area contributed by atoms with Gasteiger partial charge in [0, 0.05) is 0 Å². The van der Waals surface area contributed by atoms with Crippen molar-refractivity contribution in [1.29, 1.82) is 0 Å². The van der Waals surface area contributed by atoms with Crippen LogP contribution in [0.3, 0.4) is 0 Å². The van der Waals surface area contributed by atoms with Crippen molar-refractivity contribution in [1.82, 2.24) is 39.0 Å². The molecule has 0 spiro atoms. The minimum absolute atomic E-state index is 0.115. The summed E-state index contributed by atoms with van der Waals surface area (Å²) in [4.78, 5) is 37.0. The number of aromatic nitrogens is 8. The lowest BCUT2D eigenvalue weighted by Crippen LogP contribution is -2.07. The van der Waals surface area contributed by atoms with Crippen molar-refractivity contribution >= 4 is 51.5 Å². The normalized spacial score (nSPS) is 11.3. The number of benzene rings is 2. The van der Waals surface area contributed by atoms with E-state index in [0.29, 0.717) is 23.5 Å². The van der Waals surface area contributed by atoms with Crippen LogP contribution >= 0.6 is 23.2 Å². The van der Waals surface area contributed by atoms with E-state index in [9.17, 15) is 10.1 Å². The highest BCUT2D eigenvalue weighted by molar-refractivity contribution is 6.34. The molecule has 6 rings (SSSR count). The maximum atomic E-state index is 11.5. The van der Waals surface area contributed by atoms with Gasteiger partial charge in [0.05, 0.1) is 33.6 Å². The Morgan fingerprint density at radius 1 is 0.780 bits per heavy atom. The van der Waals surface area contributed by atoms with E-state index in [1.165, 1.54) is 0 Å². The second-order valence-electron chi connectivity index (χ2n) is 8.84. The minimum Gasteiger partial charge on any atom is -0.497 e. The van der Waals surface area contributed by atoms with Crippen LogP contribution in [0.4, 0.5) is 5.95 Å². The van der Waals surface area contributed by atoms with Gasteiger partial charge in [-0.1, -0.05) is 40.9 Å². The molecule has 2 aromatic carbocycles. The van der Waals surface area contributed by atoms with Crippen LogP contribution < -0.4 is 9.47 Å². The fourth-order valence-corrected chi connectivity index (χ4v) is 4.74. The summed E-state index contributed by atoms with van der Waals surface area (Å²) in [6.45, 7) is 0.670. The van der Waals surface area contributed by atoms with Gasteiger partial charge in [0.2, 0.25) is 10.8 Å². The molecular weight excluding hydrogens is 573 g/mol. The van der Waals surface area contributed by atoms with E-state index in [4.69, 9.17) is 37.7 Å². The van der Waals surface area contributed by atoms with Gasteiger partial charge < -0.3 is 24.2 Å². The molecule has 206 valence electrons. The van der Waals surface area contributed by atoms with Crippen molar-refractivity contribution in [2.45, 2.75) is 13.1 Å². The highest BCUT2D eigenvalue weighted by Crippen LogP contribution is 2.31. The first-order valence-corrected chi connectivity index (χ1v) is 12.8. The van der Waals surface area contributed by atoms with Crippen molar-refractivity contribution in [3.8, 4) is 23.1 Å². The van der Waals surface area contributed by atoms with Crippen LogP contribution in [0.2, 0.25) is 10.3 Å². The number of ether oxygens (including phenoxy) is 2. The third-order valence-corrected chi connectivity index (χ3v) is 6.86. The van der Waals surface area contributed by atoms with Crippen LogP contribution in [0, 0.1) is 10.1 Å². The Kier molecular flexibility index (Phi) is 6.81. The maximum absolute atomic E-state index is 11.5. The number of hydrogen-bond donors (Lipinski definition) is 0. The number of nitro groups is 1. The molecule has 0 amide bonds. The molecule has 0 aliphatic heterocycles. The molecule has 13 nitrogen and oxygen atoms in total. The molecule has 0 bridgehead atoms. The van der Waals surface area contributed by atoms with E-state index in [2.05, 4.69) is 24.9 Å². The summed E-state index contributed by atoms with van der Waals surface area (Å²) in [6, 6.07) is 14.9. The zero-order chi connectivity index (χ0) is 28.7. The van der Waals surface area contributed by atoms with E-state index in [1.54, 1.807) is 37.2 Å². The number of methoxy groups -OCH3 is 2. The summed E-state index contributed by atoms with van der Waals surface area (Å²) < 4.78 is 14.0. The fraction of sp³-hybridized carbons (Fsp3) is 0.154. The third kappa shape index (κ3) is 4.96. The van der Waals surface area contributed by atoms with Gasteiger partial charge in [0.1, 0.15) is 17.0 Å². The number of halogens is 2. The summed E-state index contributed by atoms with van der Waals surface area (Å²) in [5.41, 5.74) is 3.02. The summed E-state index contributed by atoms with van der Waals surface area (Å²) in [7, 11) is 3.18. The number of hydrogen-bond acceptors (Lipinski definition) is 10. The molecule has 0 N–H and O–H groups in total. The van der Waals surface area contributed by atoms with Crippen molar-refractivity contribution in [2.24, 2.45) is 0 Å². The van der Waals surface area contributed by atoms with Gasteiger partial charge in [-0.05, 0) is 56.9 Å². The second kappa shape index (κ2) is 10.6. The molecule has 6 aromatic rings. The highest BCUT2D eigenvalue weighted by Gasteiger charge is 2.27. The average molecular weight is 592 g/mol. The lowest BCUT2D eigenvalue weighted by atomic mass is 10.2. The van der Waals surface area contributed by atoms with E-state index >= 15 is 0 Å². The van der Waals surface area contributed by atoms with Gasteiger partial charge in [0.25, 0.3) is 0 Å². The van der Waals surface area contributed by atoms with E-state index in [0.717, 1.165) is 16.9 Å². The Labute approximate surface area is 241 Å². The Balaban J connectivity index is 1.51. The van der Waals surface area contributed by atoms with Gasteiger partial charge in [-0.2, -0.15) is 0 Å². The summed E-state index contributed by atoms with van der Waals surface area (Å²) in [6.07, 6.45) is 1.63. The molecule has 0 radical (unpaired) electrons. The lowest BCUT2D eigenvalue weighted by molar-refractivity contribution is -0.394. The Morgan fingerprint density at radius 3 is 2.00 bits per heavy atom. The standard InChI is InChI=1S/C26H19Cl2N9O4/c1-40-16-7-3-14(4-8-16)11-35-13-29-18-20(27)31-22(33-23(18)35)25-30-19-21(28)32-26(37(38)39)34-24(19)36(25)12-15-5-9-17(41-2)10-6-15/h3-10,13H,11-12H2,1-2H3. The monoisotopic (exact) mass is 591 g/mol. The van der Waals surface area contributed by atoms with Crippen molar-refractivity contribution in [3.05, 3.63) is 86.4 Å². The topological polar surface area (TPSA) is 149 Å². The third-order valence-electron chi connectivity index (χ3n) is 6.34. The zero-order valence-electron chi connectivity index (χ0n) is 21.5. The average Bonchev–Trinajstić information content (AvgIpc) is 3.56. The molecule has 0 unspecified atom stereocenters. The Hall–Kier alpha value is -4.88. The van der Waals surface area contributed by atoms with Crippen LogP contribution in [0.25, 0.3) is 34.0 Å². The lowest BCUT2D eigenvalue weighted by Gasteiger charge is -2.09. The zero-order valence-corrected chi connectivity index (χ0v) is 23.0. The van der Waals surface area contributed by atoms with E-state index in [1.807, 2.05) is 41.0 Å². The fourth-order valence-electron chi connectivity index (χ4n) is 4.33. The molecule has 0 aliphatic carbocycles. The van der Waals surface area contributed by atoms with Gasteiger partial charge in [-0.25, -0.2) is 19.9 Å². The molecule has 0 saturated carbocycles. The van der Waals surface area contributed by atoms with Gasteiger partial charge in [-0.15, -0.1) is 0 Å². The summed E-state index contributed by atoms with van der Waals surface area (Å²) in [5.74, 6) is 1.17. The van der Waals surface area contributed by atoms with Crippen LogP contribution in [-0.4, -0.2) is 58.2 Å². The smallest absolute Gasteiger partial charge is 0.472 e. The highest BCUT2D eigenvalue weighted by atomic mass is 35.5. The molecule has 15 heteroatoms. The Morgan fingerprint density at radius 2 is 1.39 bits per heavy atom. The molecule has 4 heterocycles. The first-order chi connectivity index (χ1) is 19.8. The van der Waals surface area contributed by atoms with Gasteiger partial charge >= 0.3 is 5.95 Å². The molecule has 0 fully saturated rings. The molecule has 4 aromatic heterocycles. The summed E-state index contributed by atoms with van der Waals surface area (Å²) >= 11 is 12.9. The largest absolute Gasteiger partial charge is 0.497 e. The van der Waals surface area contributed by atoms with Crippen LogP contribution in [0.15, 0.2) is 54.9 Å². The van der Waals surface area contributed by atoms with Crippen LogP contribution in [0.5, 0.6) is 11.5 Å². The Bertz CT molecular complexity index is 1920. The van der Waals surface area contributed by atoms with Crippen molar-refractivity contribution in [2.75, 3.05) is 14.2 Å². The molecule has 0 aliphatic rings. The molecule has 0 atom stereocenters. The summed E-state index contributed by atoms with van der Waals surface area (Å²) in [5, 5.41) is 11.5. The number of nitrogens with zero attached hydrogens (tertiary/aromatic N) is 9. The maximum Gasteiger partial charge on any atom is 0.472 e. The SMILES string of the molecule is COc1ccc(Cn2cnc3c(Cl)nc(-c4nc5c(Cl)nc([N+](=O)[O-])nc5n4Cc4ccc(OC)cc4)nc32)cc1. The predicted octanol–water partition coefficient (Wildman–Crippen LogP) is 4.96. The molecule has 41 heavy (non-hydrogen) atoms. The number of imidazole rings is 2. The quantitative estimate of drug-likeness (QED) is 0.135. The van der Waals surface area contributed by atoms with Crippen LogP contribution in [0.1, 0.15) is 11.1 Å². The predicted molar refractivity (Wildman–Crippen MR) is 151 cm³/mol. The number of fused-ring (bicyclic) bond motifs is 2.